The minimum atomic E-state index is -0.579. The molecule has 32 heavy (non-hydrogen) atoms. The van der Waals surface area contributed by atoms with Crippen LogP contribution >= 0.6 is 0 Å². The Morgan fingerprint density at radius 3 is 2.62 bits per heavy atom. The summed E-state index contributed by atoms with van der Waals surface area (Å²) in [6.07, 6.45) is 0.791. The van der Waals surface area contributed by atoms with E-state index < -0.39 is 11.9 Å². The normalized spacial score (nSPS) is 12.0. The zero-order valence-corrected chi connectivity index (χ0v) is 18.9. The molecule has 1 aromatic heterocycles. The van der Waals surface area contributed by atoms with Crippen LogP contribution in [0.1, 0.15) is 37.2 Å². The molecule has 3 amide bonds. The number of rotatable bonds is 7. The van der Waals surface area contributed by atoms with Gasteiger partial charge in [0.15, 0.2) is 0 Å². The summed E-state index contributed by atoms with van der Waals surface area (Å²) in [5.74, 6) is 0.0397. The molecule has 168 valence electrons. The van der Waals surface area contributed by atoms with Gasteiger partial charge in [-0.3, -0.25) is 19.8 Å². The number of H-pyrrole nitrogens is 1. The van der Waals surface area contributed by atoms with Crippen LogP contribution < -0.4 is 16.2 Å². The number of hydrogen-bond donors (Lipinski definition) is 3. The van der Waals surface area contributed by atoms with Crippen LogP contribution in [-0.2, 0) is 11.3 Å². The SMILES string of the molecule is CCC(C)N(CC(=O)NC(=O)Nc1cccc(C)c1C)Cc1nc2ccccc2c(=O)[nH]1. The van der Waals surface area contributed by atoms with E-state index >= 15 is 0 Å². The standard InChI is InChI=1S/C24H29N5O3/c1-5-16(3)29(13-21-25-20-11-7-6-10-18(20)23(31)27-21)14-22(30)28-24(32)26-19-12-8-9-15(2)17(19)4/h6-12,16H,5,13-14H2,1-4H3,(H,25,27,31)(H2,26,28,30,32). The number of carbonyl (C=O) groups excluding carboxylic acids is 2. The number of benzene rings is 2. The third kappa shape index (κ3) is 5.59. The molecule has 0 saturated carbocycles. The van der Waals surface area contributed by atoms with Gasteiger partial charge in [-0.1, -0.05) is 31.2 Å². The Kier molecular flexibility index (Phi) is 7.37. The quantitative estimate of drug-likeness (QED) is 0.527. The second-order valence-electron chi connectivity index (χ2n) is 7.94. The molecular formula is C24H29N5O3. The number of urea groups is 1. The maximum Gasteiger partial charge on any atom is 0.325 e. The van der Waals surface area contributed by atoms with Gasteiger partial charge in [0.1, 0.15) is 5.82 Å². The molecule has 0 spiro atoms. The minimum Gasteiger partial charge on any atom is -0.309 e. The van der Waals surface area contributed by atoms with Crippen LogP contribution in [0.3, 0.4) is 0 Å². The zero-order valence-electron chi connectivity index (χ0n) is 18.9. The summed E-state index contributed by atoms with van der Waals surface area (Å²) in [7, 11) is 0. The second kappa shape index (κ2) is 10.2. The highest BCUT2D eigenvalue weighted by molar-refractivity contribution is 6.02. The van der Waals surface area contributed by atoms with Crippen molar-refractivity contribution in [3.05, 3.63) is 69.8 Å². The lowest BCUT2D eigenvalue weighted by atomic mass is 10.1. The topological polar surface area (TPSA) is 107 Å². The van der Waals surface area contributed by atoms with E-state index in [-0.39, 0.29) is 24.7 Å². The Bertz CT molecular complexity index is 1190. The number of nitrogens with one attached hydrogen (secondary N) is 3. The van der Waals surface area contributed by atoms with Crippen molar-refractivity contribution >= 4 is 28.5 Å². The van der Waals surface area contributed by atoms with Gasteiger partial charge in [0.25, 0.3) is 5.56 Å². The van der Waals surface area contributed by atoms with E-state index in [0.717, 1.165) is 17.5 Å². The van der Waals surface area contributed by atoms with Crippen molar-refractivity contribution in [2.45, 2.75) is 46.7 Å². The molecule has 0 saturated heterocycles. The zero-order chi connectivity index (χ0) is 23.3. The fraction of sp³-hybridized carbons (Fsp3) is 0.333. The van der Waals surface area contributed by atoms with Crippen LogP contribution in [0.15, 0.2) is 47.3 Å². The van der Waals surface area contributed by atoms with Gasteiger partial charge in [-0.15, -0.1) is 0 Å². The van der Waals surface area contributed by atoms with Crippen molar-refractivity contribution < 1.29 is 9.59 Å². The number of amides is 3. The number of para-hydroxylation sites is 1. The first-order chi connectivity index (χ1) is 15.3. The fourth-order valence-corrected chi connectivity index (χ4v) is 3.42. The van der Waals surface area contributed by atoms with E-state index in [0.29, 0.717) is 22.4 Å². The van der Waals surface area contributed by atoms with Crippen molar-refractivity contribution in [1.82, 2.24) is 20.2 Å². The van der Waals surface area contributed by atoms with Gasteiger partial charge in [-0.25, -0.2) is 9.78 Å². The molecule has 8 heteroatoms. The van der Waals surface area contributed by atoms with E-state index in [2.05, 4.69) is 20.6 Å². The predicted octanol–water partition coefficient (Wildman–Crippen LogP) is 3.49. The van der Waals surface area contributed by atoms with Crippen LogP contribution in [0, 0.1) is 13.8 Å². The largest absolute Gasteiger partial charge is 0.325 e. The maximum absolute atomic E-state index is 12.6. The first-order valence-electron chi connectivity index (χ1n) is 10.7. The minimum absolute atomic E-state index is 0.00817. The van der Waals surface area contributed by atoms with Gasteiger partial charge >= 0.3 is 6.03 Å². The van der Waals surface area contributed by atoms with Gasteiger partial charge in [0.2, 0.25) is 5.91 Å². The van der Waals surface area contributed by atoms with Crippen molar-refractivity contribution in [3.63, 3.8) is 0 Å². The van der Waals surface area contributed by atoms with Crippen LogP contribution in [0.5, 0.6) is 0 Å². The number of hydrogen-bond acceptors (Lipinski definition) is 5. The lowest BCUT2D eigenvalue weighted by molar-refractivity contribution is -0.121. The summed E-state index contributed by atoms with van der Waals surface area (Å²) >= 11 is 0. The summed E-state index contributed by atoms with van der Waals surface area (Å²) in [6, 6.07) is 12.2. The molecule has 0 radical (unpaired) electrons. The van der Waals surface area contributed by atoms with Gasteiger partial charge in [-0.2, -0.15) is 0 Å². The number of imide groups is 1. The molecule has 0 fully saturated rings. The Balaban J connectivity index is 1.69. The number of aromatic nitrogens is 2. The van der Waals surface area contributed by atoms with Crippen LogP contribution in [0.2, 0.25) is 0 Å². The molecule has 1 atom stereocenters. The number of nitrogens with zero attached hydrogens (tertiary/aromatic N) is 2. The Morgan fingerprint density at radius 1 is 1.12 bits per heavy atom. The summed E-state index contributed by atoms with van der Waals surface area (Å²) < 4.78 is 0. The Morgan fingerprint density at radius 2 is 1.88 bits per heavy atom. The lowest BCUT2D eigenvalue weighted by Crippen LogP contribution is -2.44. The van der Waals surface area contributed by atoms with Gasteiger partial charge in [0.05, 0.1) is 24.0 Å². The van der Waals surface area contributed by atoms with E-state index in [4.69, 9.17) is 0 Å². The summed E-state index contributed by atoms with van der Waals surface area (Å²) in [5, 5.41) is 5.64. The fourth-order valence-electron chi connectivity index (χ4n) is 3.42. The molecule has 8 nitrogen and oxygen atoms in total. The van der Waals surface area contributed by atoms with Gasteiger partial charge in [-0.05, 0) is 56.5 Å². The number of anilines is 1. The van der Waals surface area contributed by atoms with E-state index in [1.165, 1.54) is 0 Å². The van der Waals surface area contributed by atoms with E-state index in [1.54, 1.807) is 24.3 Å². The van der Waals surface area contributed by atoms with Crippen LogP contribution in [0.25, 0.3) is 10.9 Å². The molecule has 0 bridgehead atoms. The van der Waals surface area contributed by atoms with Crippen molar-refractivity contribution in [2.75, 3.05) is 11.9 Å². The third-order valence-electron chi connectivity index (χ3n) is 5.68. The highest BCUT2D eigenvalue weighted by atomic mass is 16.2. The van der Waals surface area contributed by atoms with Crippen LogP contribution in [0.4, 0.5) is 10.5 Å². The van der Waals surface area contributed by atoms with Gasteiger partial charge < -0.3 is 10.3 Å². The monoisotopic (exact) mass is 435 g/mol. The van der Waals surface area contributed by atoms with Crippen molar-refractivity contribution in [2.24, 2.45) is 0 Å². The Labute approximate surface area is 187 Å². The lowest BCUT2D eigenvalue weighted by Gasteiger charge is -2.27. The average molecular weight is 436 g/mol. The number of aromatic amines is 1. The molecule has 3 N–H and O–H groups in total. The molecule has 3 rings (SSSR count). The second-order valence-corrected chi connectivity index (χ2v) is 7.94. The predicted molar refractivity (Wildman–Crippen MR) is 126 cm³/mol. The summed E-state index contributed by atoms with van der Waals surface area (Å²) in [6.45, 7) is 8.14. The maximum atomic E-state index is 12.6. The van der Waals surface area contributed by atoms with Crippen LogP contribution in [-0.4, -0.2) is 39.4 Å². The molecule has 0 aliphatic heterocycles. The highest BCUT2D eigenvalue weighted by Gasteiger charge is 2.20. The molecule has 0 aliphatic rings. The van der Waals surface area contributed by atoms with E-state index in [9.17, 15) is 14.4 Å². The number of aryl methyl sites for hydroxylation is 1. The summed E-state index contributed by atoms with van der Waals surface area (Å²) in [4.78, 5) is 46.5. The molecule has 1 unspecified atom stereocenters. The number of fused-ring (bicyclic) bond motifs is 1. The van der Waals surface area contributed by atoms with Gasteiger partial charge in [0, 0.05) is 11.7 Å². The average Bonchev–Trinajstić information content (AvgIpc) is 2.76. The smallest absolute Gasteiger partial charge is 0.309 e. The number of carbonyl (C=O) groups is 2. The van der Waals surface area contributed by atoms with E-state index in [1.807, 2.05) is 50.8 Å². The van der Waals surface area contributed by atoms with Crippen molar-refractivity contribution in [3.8, 4) is 0 Å². The van der Waals surface area contributed by atoms with Crippen molar-refractivity contribution in [1.29, 1.82) is 0 Å². The molecule has 2 aromatic carbocycles. The first-order valence-corrected chi connectivity index (χ1v) is 10.7. The first kappa shape index (κ1) is 23.1. The molecule has 0 aliphatic carbocycles. The molecule has 1 heterocycles. The molecule has 3 aromatic rings. The highest BCUT2D eigenvalue weighted by Crippen LogP contribution is 2.17. The third-order valence-corrected chi connectivity index (χ3v) is 5.68. The molecular weight excluding hydrogens is 406 g/mol. The summed E-state index contributed by atoms with van der Waals surface area (Å²) in [5.41, 5.74) is 3.04. The Hall–Kier alpha value is -3.52.